The van der Waals surface area contributed by atoms with Crippen LogP contribution in [0.25, 0.3) is 17.4 Å². The molecule has 0 saturated heterocycles. The average Bonchev–Trinajstić information content (AvgIpc) is 2.86. The van der Waals surface area contributed by atoms with E-state index in [0.717, 1.165) is 15.7 Å². The number of methoxy groups -OCH3 is 1. The lowest BCUT2D eigenvalue weighted by atomic mass is 10.1. The van der Waals surface area contributed by atoms with Gasteiger partial charge in [-0.25, -0.2) is 4.79 Å². The molecule has 0 radical (unpaired) electrons. The second-order valence-corrected chi connectivity index (χ2v) is 5.72. The summed E-state index contributed by atoms with van der Waals surface area (Å²) in [6.07, 6.45) is 4.49. The largest absolute Gasteiger partial charge is 0.494 e. The number of halogens is 1. The van der Waals surface area contributed by atoms with Gasteiger partial charge in [-0.2, -0.15) is 0 Å². The summed E-state index contributed by atoms with van der Waals surface area (Å²) in [6.45, 7) is 0. The molecule has 3 rings (SSSR count). The van der Waals surface area contributed by atoms with Crippen LogP contribution in [0.2, 0.25) is 5.02 Å². The molecule has 0 fully saturated rings. The number of fused-ring (bicyclic) bond motifs is 2. The lowest BCUT2D eigenvalue weighted by Crippen LogP contribution is -2.30. The number of hydrogen-bond acceptors (Lipinski definition) is 4. The Morgan fingerprint density at radius 3 is 3.05 bits per heavy atom. The van der Waals surface area contributed by atoms with E-state index in [0.29, 0.717) is 21.7 Å². The topological polar surface area (TPSA) is 59.4 Å². The molecule has 0 spiro atoms. The number of pyridine rings is 1. The Morgan fingerprint density at radius 2 is 2.33 bits per heavy atom. The van der Waals surface area contributed by atoms with Crippen molar-refractivity contribution in [2.24, 2.45) is 0 Å². The lowest BCUT2D eigenvalue weighted by Gasteiger charge is -2.05. The van der Waals surface area contributed by atoms with E-state index in [1.165, 1.54) is 17.4 Å². The minimum atomic E-state index is -1.00. The third kappa shape index (κ3) is 2.46. The van der Waals surface area contributed by atoms with E-state index in [4.69, 9.17) is 21.4 Å². The van der Waals surface area contributed by atoms with Gasteiger partial charge in [0.2, 0.25) is 0 Å². The number of hydrogen-bond donors (Lipinski definition) is 1. The highest BCUT2D eigenvalue weighted by atomic mass is 35.5. The van der Waals surface area contributed by atoms with E-state index < -0.39 is 5.97 Å². The van der Waals surface area contributed by atoms with Crippen LogP contribution in [0, 0.1) is 0 Å². The maximum atomic E-state index is 11.1. The molecule has 21 heavy (non-hydrogen) atoms. The number of nitrogens with zero attached hydrogens (tertiary/aromatic N) is 1. The zero-order valence-electron chi connectivity index (χ0n) is 11.0. The minimum Gasteiger partial charge on any atom is -0.494 e. The fourth-order valence-corrected chi connectivity index (χ4v) is 3.32. The van der Waals surface area contributed by atoms with Gasteiger partial charge in [-0.15, -0.1) is 11.3 Å². The maximum Gasteiger partial charge on any atom is 0.328 e. The summed E-state index contributed by atoms with van der Waals surface area (Å²) >= 11 is 7.45. The first-order chi connectivity index (χ1) is 10.1. The van der Waals surface area contributed by atoms with Crippen molar-refractivity contribution in [2.75, 3.05) is 7.11 Å². The molecule has 1 aliphatic rings. The summed E-state index contributed by atoms with van der Waals surface area (Å²) in [5, 5.41) is 12.8. The number of carboxylic acid groups (broad SMARTS) is 1. The predicted octanol–water partition coefficient (Wildman–Crippen LogP) is 1.86. The van der Waals surface area contributed by atoms with Gasteiger partial charge in [-0.05, 0) is 23.6 Å². The number of ether oxygens (including phenoxy) is 1. The van der Waals surface area contributed by atoms with E-state index in [-0.39, 0.29) is 0 Å². The molecule has 0 unspecified atom stereocenters. The molecule has 1 N–H and O–H groups in total. The Hall–Kier alpha value is -2.11. The monoisotopic (exact) mass is 319 g/mol. The fourth-order valence-electron chi connectivity index (χ4n) is 2.27. The number of aromatic nitrogens is 1. The van der Waals surface area contributed by atoms with Gasteiger partial charge >= 0.3 is 5.97 Å². The maximum absolute atomic E-state index is 11.1. The van der Waals surface area contributed by atoms with Crippen LogP contribution < -0.4 is 10.6 Å². The normalized spacial score (nSPS) is 15.0. The first kappa shape index (κ1) is 13.9. The quantitative estimate of drug-likeness (QED) is 0.858. The number of rotatable bonds is 2. The highest BCUT2D eigenvalue weighted by molar-refractivity contribution is 7.11. The minimum absolute atomic E-state index is 0.486. The van der Waals surface area contributed by atoms with Gasteiger partial charge in [0.15, 0.2) is 5.76 Å². The Bertz CT molecular complexity index is 883. The summed E-state index contributed by atoms with van der Waals surface area (Å²) in [6, 6.07) is 3.64. The van der Waals surface area contributed by atoms with Crippen LogP contribution in [-0.4, -0.2) is 23.2 Å². The van der Waals surface area contributed by atoms with Gasteiger partial charge in [-0.3, -0.25) is 4.98 Å². The van der Waals surface area contributed by atoms with Gasteiger partial charge in [0.05, 0.1) is 12.1 Å². The van der Waals surface area contributed by atoms with Crippen molar-refractivity contribution in [1.29, 1.82) is 0 Å². The van der Waals surface area contributed by atoms with Crippen molar-refractivity contribution >= 4 is 46.3 Å². The number of aliphatic carboxylic acids is 1. The molecule has 0 bridgehead atoms. The highest BCUT2D eigenvalue weighted by Crippen LogP contribution is 2.31. The molecule has 0 saturated carbocycles. The highest BCUT2D eigenvalue weighted by Gasteiger charge is 2.18. The van der Waals surface area contributed by atoms with Crippen LogP contribution in [-0.2, 0) is 9.53 Å². The Labute approximate surface area is 129 Å². The first-order valence-electron chi connectivity index (χ1n) is 6.04. The number of carbonyl (C=O) groups is 1. The zero-order chi connectivity index (χ0) is 15.0. The summed E-state index contributed by atoms with van der Waals surface area (Å²) < 4.78 is 5.50. The van der Waals surface area contributed by atoms with Gasteiger partial charge in [0, 0.05) is 33.5 Å². The third-order valence-corrected chi connectivity index (χ3v) is 4.24. The molecule has 6 heteroatoms. The molecular weight excluding hydrogens is 310 g/mol. The van der Waals surface area contributed by atoms with Crippen molar-refractivity contribution in [3.8, 4) is 0 Å². The molecule has 106 valence electrons. The molecule has 0 amide bonds. The van der Waals surface area contributed by atoms with E-state index >= 15 is 0 Å². The predicted molar refractivity (Wildman–Crippen MR) is 82.4 cm³/mol. The van der Waals surface area contributed by atoms with Crippen molar-refractivity contribution < 1.29 is 14.6 Å². The van der Waals surface area contributed by atoms with Crippen molar-refractivity contribution in [1.82, 2.24) is 4.98 Å². The SMILES string of the molecule is COC1=c2ncc(Cl)cc2=CC(=CC(=O)O)c2sccc21. The standard InChI is InChI=1S/C15H10ClNO3S/c1-20-14-11-2-3-21-15(11)9(6-12(18)19)4-8-5-10(16)7-17-13(8)14/h2-7H,1H3,(H,18,19). The number of allylic oxidation sites excluding steroid dienone is 1. The molecular formula is C15H10ClNO3S. The van der Waals surface area contributed by atoms with Crippen molar-refractivity contribution in [3.05, 3.63) is 55.8 Å². The molecule has 0 aliphatic heterocycles. The summed E-state index contributed by atoms with van der Waals surface area (Å²) in [4.78, 5) is 16.2. The smallest absolute Gasteiger partial charge is 0.328 e. The summed E-state index contributed by atoms with van der Waals surface area (Å²) in [7, 11) is 1.57. The molecule has 0 atom stereocenters. The molecule has 2 aromatic rings. The zero-order valence-corrected chi connectivity index (χ0v) is 12.5. The fraction of sp³-hybridized carbons (Fsp3) is 0.0667. The number of thiophene rings is 1. The van der Waals surface area contributed by atoms with E-state index in [1.807, 2.05) is 11.4 Å². The Morgan fingerprint density at radius 1 is 1.52 bits per heavy atom. The molecule has 2 aromatic heterocycles. The molecule has 1 aliphatic carbocycles. The van der Waals surface area contributed by atoms with E-state index in [9.17, 15) is 4.79 Å². The van der Waals surface area contributed by atoms with Crippen LogP contribution in [0.3, 0.4) is 0 Å². The first-order valence-corrected chi connectivity index (χ1v) is 7.30. The summed E-state index contributed by atoms with van der Waals surface area (Å²) in [5.74, 6) is -0.388. The molecule has 0 aromatic carbocycles. The van der Waals surface area contributed by atoms with Gasteiger partial charge < -0.3 is 9.84 Å². The van der Waals surface area contributed by atoms with Crippen molar-refractivity contribution in [3.63, 3.8) is 0 Å². The van der Waals surface area contributed by atoms with Gasteiger partial charge in [0.1, 0.15) is 5.35 Å². The van der Waals surface area contributed by atoms with Crippen molar-refractivity contribution in [2.45, 2.75) is 0 Å². The number of carboxylic acids is 1. The van der Waals surface area contributed by atoms with Gasteiger partial charge in [0.25, 0.3) is 0 Å². The van der Waals surface area contributed by atoms with Crippen LogP contribution in [0.5, 0.6) is 0 Å². The van der Waals surface area contributed by atoms with Crippen LogP contribution in [0.4, 0.5) is 0 Å². The Kier molecular flexibility index (Phi) is 3.53. The third-order valence-electron chi connectivity index (χ3n) is 3.07. The van der Waals surface area contributed by atoms with E-state index in [2.05, 4.69) is 4.98 Å². The van der Waals surface area contributed by atoms with Gasteiger partial charge in [-0.1, -0.05) is 11.6 Å². The lowest BCUT2D eigenvalue weighted by molar-refractivity contribution is -0.131. The van der Waals surface area contributed by atoms with Crippen LogP contribution >= 0.6 is 22.9 Å². The average molecular weight is 320 g/mol. The molecule has 4 nitrogen and oxygen atoms in total. The van der Waals surface area contributed by atoms with Crippen LogP contribution in [0.15, 0.2) is 29.8 Å². The second kappa shape index (κ2) is 5.35. The molecule has 2 heterocycles. The Balaban J connectivity index is 2.46. The van der Waals surface area contributed by atoms with Crippen LogP contribution in [0.1, 0.15) is 10.4 Å². The van der Waals surface area contributed by atoms with E-state index in [1.54, 1.807) is 25.4 Å². The second-order valence-electron chi connectivity index (χ2n) is 4.37. The summed E-state index contributed by atoms with van der Waals surface area (Å²) in [5.41, 5.74) is 1.43.